The summed E-state index contributed by atoms with van der Waals surface area (Å²) in [6.07, 6.45) is 1.31. The first-order valence-corrected chi connectivity index (χ1v) is 16.7. The molecule has 9 nitrogen and oxygen atoms in total. The van der Waals surface area contributed by atoms with Crippen molar-refractivity contribution in [2.75, 3.05) is 76.2 Å². The highest BCUT2D eigenvalue weighted by atomic mass is 35.5. The summed E-state index contributed by atoms with van der Waals surface area (Å²) in [5.74, 6) is -0.456. The molecule has 0 spiro atoms. The maximum atomic E-state index is 15.2. The van der Waals surface area contributed by atoms with Crippen molar-refractivity contribution in [3.63, 3.8) is 0 Å². The van der Waals surface area contributed by atoms with Gasteiger partial charge in [-0.3, -0.25) is 19.2 Å². The van der Waals surface area contributed by atoms with Gasteiger partial charge in [0.05, 0.1) is 35.8 Å². The SMILES string of the molecule is C=CC(=O)N1CCN(c2nc(=O)n3c4c(c(-c5ccc(F)cc5F)c(Cl)cc24)SC[C@@H]3CN2CCN(C3COC3)CC2)[C@@H](C)C1.S. The highest BCUT2D eigenvalue weighted by molar-refractivity contribution is 7.99. The molecule has 0 radical (unpaired) electrons. The molecule has 4 aliphatic rings. The van der Waals surface area contributed by atoms with Crippen LogP contribution in [0.15, 0.2) is 46.6 Å². The molecule has 3 aromatic rings. The molecule has 0 bridgehead atoms. The fourth-order valence-corrected chi connectivity index (χ4v) is 8.69. The van der Waals surface area contributed by atoms with Gasteiger partial charge >= 0.3 is 5.69 Å². The van der Waals surface area contributed by atoms with Gasteiger partial charge in [-0.1, -0.05) is 18.2 Å². The van der Waals surface area contributed by atoms with Gasteiger partial charge < -0.3 is 14.5 Å². The van der Waals surface area contributed by atoms with Crippen LogP contribution < -0.4 is 10.6 Å². The molecule has 14 heteroatoms. The molecule has 1 aromatic heterocycles. The first-order valence-electron chi connectivity index (χ1n) is 15.3. The quantitative estimate of drug-likeness (QED) is 0.360. The van der Waals surface area contributed by atoms with Crippen molar-refractivity contribution in [3.05, 3.63) is 64.1 Å². The zero-order valence-electron chi connectivity index (χ0n) is 25.6. The Hall–Kier alpha value is -2.68. The number of hydrogen-bond donors (Lipinski definition) is 0. The van der Waals surface area contributed by atoms with Crippen molar-refractivity contribution in [2.45, 2.75) is 29.9 Å². The van der Waals surface area contributed by atoms with Crippen LogP contribution in [0.4, 0.5) is 14.6 Å². The number of carbonyl (C=O) groups excluding carboxylic acids is 1. The number of benzene rings is 2. The second kappa shape index (κ2) is 13.4. The molecule has 4 aliphatic heterocycles. The fraction of sp³-hybridized carbons (Fsp3) is 0.469. The average Bonchev–Trinajstić information content (AvgIpc) is 2.99. The predicted molar refractivity (Wildman–Crippen MR) is 183 cm³/mol. The van der Waals surface area contributed by atoms with E-state index in [4.69, 9.17) is 16.3 Å². The van der Waals surface area contributed by atoms with Gasteiger partial charge in [-0.05, 0) is 31.2 Å². The van der Waals surface area contributed by atoms with E-state index in [2.05, 4.69) is 21.4 Å². The van der Waals surface area contributed by atoms with E-state index < -0.39 is 11.6 Å². The number of aromatic nitrogens is 2. The van der Waals surface area contributed by atoms with E-state index in [0.29, 0.717) is 70.2 Å². The zero-order chi connectivity index (χ0) is 31.4. The third-order valence-corrected chi connectivity index (χ3v) is 11.0. The lowest BCUT2D eigenvalue weighted by atomic mass is 10.0. The molecule has 246 valence electrons. The van der Waals surface area contributed by atoms with Gasteiger partial charge in [0.1, 0.15) is 17.5 Å². The van der Waals surface area contributed by atoms with E-state index in [1.807, 2.05) is 11.8 Å². The number of carbonyl (C=O) groups is 1. The first kappa shape index (κ1) is 33.2. The highest BCUT2D eigenvalue weighted by Gasteiger charge is 2.35. The summed E-state index contributed by atoms with van der Waals surface area (Å²) in [6.45, 7) is 12.9. The third kappa shape index (κ3) is 5.94. The lowest BCUT2D eigenvalue weighted by molar-refractivity contribution is -0.126. The highest BCUT2D eigenvalue weighted by Crippen LogP contribution is 2.48. The summed E-state index contributed by atoms with van der Waals surface area (Å²) in [5, 5.41) is 0.995. The predicted octanol–water partition coefficient (Wildman–Crippen LogP) is 3.99. The average molecular weight is 691 g/mol. The molecule has 3 saturated heterocycles. The van der Waals surface area contributed by atoms with Crippen LogP contribution in [0.25, 0.3) is 22.0 Å². The largest absolute Gasteiger partial charge is 0.378 e. The van der Waals surface area contributed by atoms with E-state index in [1.165, 1.54) is 18.2 Å². The first-order chi connectivity index (χ1) is 21.7. The molecule has 5 heterocycles. The summed E-state index contributed by atoms with van der Waals surface area (Å²) in [5.41, 5.74) is 0.916. The summed E-state index contributed by atoms with van der Waals surface area (Å²) in [7, 11) is 0. The van der Waals surface area contributed by atoms with Gasteiger partial charge in [-0.2, -0.15) is 18.5 Å². The van der Waals surface area contributed by atoms with Gasteiger partial charge in [0.2, 0.25) is 5.91 Å². The number of piperazine rings is 2. The lowest BCUT2D eigenvalue weighted by Crippen LogP contribution is -2.57. The van der Waals surface area contributed by atoms with Crippen LogP contribution in [-0.2, 0) is 9.53 Å². The molecule has 0 N–H and O–H groups in total. The number of anilines is 1. The molecule has 3 fully saturated rings. The van der Waals surface area contributed by atoms with E-state index in [9.17, 15) is 14.0 Å². The molecular formula is C32H37ClF2N6O3S2. The third-order valence-electron chi connectivity index (χ3n) is 9.48. The number of nitrogens with zero attached hydrogens (tertiary/aromatic N) is 6. The van der Waals surface area contributed by atoms with E-state index in [0.717, 1.165) is 45.5 Å². The minimum Gasteiger partial charge on any atom is -0.378 e. The lowest BCUT2D eigenvalue weighted by Gasteiger charge is -2.43. The van der Waals surface area contributed by atoms with Crippen LogP contribution in [0.2, 0.25) is 5.02 Å². The Labute approximate surface area is 282 Å². The Kier molecular flexibility index (Phi) is 9.71. The second-order valence-electron chi connectivity index (χ2n) is 12.2. The van der Waals surface area contributed by atoms with Gasteiger partial charge in [0, 0.05) is 91.6 Å². The Morgan fingerprint density at radius 2 is 1.91 bits per heavy atom. The summed E-state index contributed by atoms with van der Waals surface area (Å²) in [6, 6.07) is 5.43. The normalized spacial score (nSPS) is 22.4. The summed E-state index contributed by atoms with van der Waals surface area (Å²) < 4.78 is 36.3. The molecule has 46 heavy (non-hydrogen) atoms. The Morgan fingerprint density at radius 3 is 2.57 bits per heavy atom. The van der Waals surface area contributed by atoms with Crippen molar-refractivity contribution in [3.8, 4) is 11.1 Å². The smallest absolute Gasteiger partial charge is 0.350 e. The van der Waals surface area contributed by atoms with Crippen molar-refractivity contribution in [1.29, 1.82) is 0 Å². The minimum absolute atomic E-state index is 0. The van der Waals surface area contributed by atoms with Crippen LogP contribution in [0.1, 0.15) is 13.0 Å². The topological polar surface area (TPSA) is 74.2 Å². The van der Waals surface area contributed by atoms with Gasteiger partial charge in [-0.25, -0.2) is 13.6 Å². The van der Waals surface area contributed by atoms with Crippen LogP contribution >= 0.6 is 36.9 Å². The number of ether oxygens (including phenoxy) is 1. The van der Waals surface area contributed by atoms with Gasteiger partial charge in [0.25, 0.3) is 0 Å². The number of halogens is 3. The summed E-state index contributed by atoms with van der Waals surface area (Å²) in [4.78, 5) is 40.4. The summed E-state index contributed by atoms with van der Waals surface area (Å²) >= 11 is 8.48. The fourth-order valence-electron chi connectivity index (χ4n) is 7.00. The monoisotopic (exact) mass is 690 g/mol. The van der Waals surface area contributed by atoms with Crippen molar-refractivity contribution in [1.82, 2.24) is 24.3 Å². The van der Waals surface area contributed by atoms with E-state index in [-0.39, 0.29) is 42.7 Å². The van der Waals surface area contributed by atoms with Gasteiger partial charge in [0.15, 0.2) is 0 Å². The van der Waals surface area contributed by atoms with Crippen LogP contribution in [-0.4, -0.2) is 114 Å². The Bertz CT molecular complexity index is 1730. The van der Waals surface area contributed by atoms with Crippen molar-refractivity contribution in [2.24, 2.45) is 0 Å². The maximum absolute atomic E-state index is 15.2. The van der Waals surface area contributed by atoms with E-state index in [1.54, 1.807) is 27.3 Å². The standard InChI is InChI=1S/C32H35ClF2N6O3S.H2S/c1-3-27(42)39-10-11-40(19(2)14-39)31-24-13-25(33)28(23-5-4-20(34)12-26(23)35)30-29(24)41(32(43)36-31)21(18-45-30)15-37-6-8-38(9-7-37)22-16-44-17-22;/h3-5,12-13,19,21-22H,1,6-11,14-18H2,2H3;1H2/t19-,21-;/m0./s1. The molecular weight excluding hydrogens is 654 g/mol. The van der Waals surface area contributed by atoms with Gasteiger partial charge in [-0.15, -0.1) is 11.8 Å². The molecule has 0 aliphatic carbocycles. The number of amides is 1. The number of hydrogen-bond acceptors (Lipinski definition) is 8. The maximum Gasteiger partial charge on any atom is 0.350 e. The molecule has 7 rings (SSSR count). The van der Waals surface area contributed by atoms with E-state index >= 15 is 4.39 Å². The van der Waals surface area contributed by atoms with Crippen LogP contribution in [0, 0.1) is 11.6 Å². The van der Waals surface area contributed by atoms with Crippen molar-refractivity contribution >= 4 is 59.5 Å². The zero-order valence-corrected chi connectivity index (χ0v) is 28.1. The molecule has 0 saturated carbocycles. The molecule has 2 atom stereocenters. The van der Waals surface area contributed by atoms with Crippen LogP contribution in [0.3, 0.4) is 0 Å². The Balaban J connectivity index is 0.00000372. The number of thioether (sulfide) groups is 1. The number of rotatable bonds is 6. The molecule has 2 aromatic carbocycles. The molecule has 0 unspecified atom stereocenters. The molecule has 1 amide bonds. The van der Waals surface area contributed by atoms with Crippen molar-refractivity contribution < 1.29 is 18.3 Å². The Morgan fingerprint density at radius 1 is 1.15 bits per heavy atom. The van der Waals surface area contributed by atoms with Crippen LogP contribution in [0.5, 0.6) is 0 Å². The second-order valence-corrected chi connectivity index (χ2v) is 13.6. The minimum atomic E-state index is -0.718.